The Bertz CT molecular complexity index is 802. The van der Waals surface area contributed by atoms with E-state index in [4.69, 9.17) is 0 Å². The lowest BCUT2D eigenvalue weighted by atomic mass is 10.1. The van der Waals surface area contributed by atoms with Crippen molar-refractivity contribution >= 4 is 23.2 Å². The van der Waals surface area contributed by atoms with Crippen LogP contribution in [-0.4, -0.2) is 30.9 Å². The maximum absolute atomic E-state index is 12.4. The average molecular weight is 330 g/mol. The summed E-state index contributed by atoms with van der Waals surface area (Å²) in [7, 11) is 1.74. The molecule has 3 rings (SSSR count). The van der Waals surface area contributed by atoms with E-state index in [-0.39, 0.29) is 11.9 Å². The molecule has 0 aliphatic carbocycles. The maximum atomic E-state index is 12.4. The van der Waals surface area contributed by atoms with Gasteiger partial charge in [0, 0.05) is 13.5 Å². The summed E-state index contributed by atoms with van der Waals surface area (Å²) in [6.45, 7) is 4.20. The van der Waals surface area contributed by atoms with Gasteiger partial charge in [-0.3, -0.25) is 19.9 Å². The van der Waals surface area contributed by atoms with E-state index in [0.717, 1.165) is 22.8 Å². The van der Waals surface area contributed by atoms with Gasteiger partial charge in [-0.25, -0.2) is 0 Å². The van der Waals surface area contributed by atoms with Crippen molar-refractivity contribution in [3.8, 4) is 10.6 Å². The Morgan fingerprint density at radius 2 is 2.30 bits per heavy atom. The van der Waals surface area contributed by atoms with Gasteiger partial charge in [0.2, 0.25) is 5.95 Å². The summed E-state index contributed by atoms with van der Waals surface area (Å²) in [5.41, 5.74) is 1.24. The lowest BCUT2D eigenvalue weighted by molar-refractivity contribution is 0.101. The molecule has 120 valence electrons. The fourth-order valence-corrected chi connectivity index (χ4v) is 2.90. The van der Waals surface area contributed by atoms with Gasteiger partial charge in [-0.1, -0.05) is 19.9 Å². The SMILES string of the molecule is CC(C)Cc1nc(NC(=O)c2cc(-c3cccs3)nn2C)n[nH]1. The van der Waals surface area contributed by atoms with E-state index < -0.39 is 0 Å². The number of aryl methyl sites for hydroxylation is 1. The number of thiophene rings is 1. The molecular weight excluding hydrogens is 312 g/mol. The molecule has 1 amide bonds. The first-order chi connectivity index (χ1) is 11.0. The molecule has 0 spiro atoms. The molecule has 0 aliphatic heterocycles. The molecule has 3 aromatic heterocycles. The molecule has 0 atom stereocenters. The number of hydrogen-bond donors (Lipinski definition) is 2. The molecule has 0 saturated heterocycles. The van der Waals surface area contributed by atoms with Crippen molar-refractivity contribution in [3.05, 3.63) is 35.1 Å². The molecule has 0 unspecified atom stereocenters. The lowest BCUT2D eigenvalue weighted by Crippen LogP contribution is -2.16. The number of carbonyl (C=O) groups is 1. The van der Waals surface area contributed by atoms with Crippen LogP contribution in [0.25, 0.3) is 10.6 Å². The third-order valence-corrected chi connectivity index (χ3v) is 4.14. The van der Waals surface area contributed by atoms with Crippen molar-refractivity contribution in [1.82, 2.24) is 25.0 Å². The first kappa shape index (κ1) is 15.4. The molecule has 8 heteroatoms. The van der Waals surface area contributed by atoms with Gasteiger partial charge in [-0.15, -0.1) is 16.4 Å². The summed E-state index contributed by atoms with van der Waals surface area (Å²) < 4.78 is 1.56. The highest BCUT2D eigenvalue weighted by Gasteiger charge is 2.16. The minimum absolute atomic E-state index is 0.280. The maximum Gasteiger partial charge on any atom is 0.276 e. The number of nitrogens with one attached hydrogen (secondary N) is 2. The van der Waals surface area contributed by atoms with Gasteiger partial charge in [0.25, 0.3) is 5.91 Å². The summed E-state index contributed by atoms with van der Waals surface area (Å²) in [6.07, 6.45) is 0.789. The van der Waals surface area contributed by atoms with E-state index in [0.29, 0.717) is 11.6 Å². The van der Waals surface area contributed by atoms with E-state index in [2.05, 4.69) is 39.4 Å². The second-order valence-electron chi connectivity index (χ2n) is 5.67. The molecule has 3 aromatic rings. The Morgan fingerprint density at radius 3 is 3.00 bits per heavy atom. The molecule has 7 nitrogen and oxygen atoms in total. The van der Waals surface area contributed by atoms with Gasteiger partial charge in [0.05, 0.1) is 4.88 Å². The Balaban J connectivity index is 1.74. The number of amides is 1. The zero-order valence-corrected chi connectivity index (χ0v) is 14.0. The smallest absolute Gasteiger partial charge is 0.276 e. The molecule has 2 N–H and O–H groups in total. The highest BCUT2D eigenvalue weighted by atomic mass is 32.1. The average Bonchev–Trinajstić information content (AvgIpc) is 3.18. The van der Waals surface area contributed by atoms with Gasteiger partial charge >= 0.3 is 0 Å². The molecule has 23 heavy (non-hydrogen) atoms. The van der Waals surface area contributed by atoms with Crippen LogP contribution in [-0.2, 0) is 13.5 Å². The topological polar surface area (TPSA) is 88.5 Å². The zero-order chi connectivity index (χ0) is 16.4. The number of aromatic nitrogens is 5. The minimum Gasteiger partial charge on any atom is -0.288 e. The minimum atomic E-state index is -0.280. The van der Waals surface area contributed by atoms with Crippen LogP contribution in [0, 0.1) is 5.92 Å². The summed E-state index contributed by atoms with van der Waals surface area (Å²) in [6, 6.07) is 5.70. The predicted octanol–water partition coefficient (Wildman–Crippen LogP) is 2.72. The summed E-state index contributed by atoms with van der Waals surface area (Å²) in [4.78, 5) is 17.7. The van der Waals surface area contributed by atoms with Crippen molar-refractivity contribution in [1.29, 1.82) is 0 Å². The summed E-state index contributed by atoms with van der Waals surface area (Å²) in [5, 5.41) is 15.9. The Hall–Kier alpha value is -2.48. The van der Waals surface area contributed by atoms with Crippen molar-refractivity contribution in [2.24, 2.45) is 13.0 Å². The number of H-pyrrole nitrogens is 1. The van der Waals surface area contributed by atoms with Gasteiger partial charge in [-0.2, -0.15) is 10.1 Å². The number of rotatable bonds is 5. The van der Waals surface area contributed by atoms with Crippen LogP contribution in [0.1, 0.15) is 30.2 Å². The van der Waals surface area contributed by atoms with Crippen LogP contribution < -0.4 is 5.32 Å². The van der Waals surface area contributed by atoms with Gasteiger partial charge < -0.3 is 0 Å². The first-order valence-corrected chi connectivity index (χ1v) is 8.21. The molecule has 0 saturated carbocycles. The summed E-state index contributed by atoms with van der Waals surface area (Å²) in [5.74, 6) is 1.24. The van der Waals surface area contributed by atoms with Gasteiger partial charge in [0.15, 0.2) is 0 Å². The molecule has 3 heterocycles. The highest BCUT2D eigenvalue weighted by Crippen LogP contribution is 2.24. The van der Waals surface area contributed by atoms with Crippen LogP contribution in [0.5, 0.6) is 0 Å². The number of aromatic amines is 1. The number of carbonyl (C=O) groups excluding carboxylic acids is 1. The normalized spacial score (nSPS) is 11.1. The molecular formula is C15H18N6OS. The number of nitrogens with zero attached hydrogens (tertiary/aromatic N) is 4. The van der Waals surface area contributed by atoms with Crippen LogP contribution >= 0.6 is 11.3 Å². The third kappa shape index (κ3) is 3.48. The van der Waals surface area contributed by atoms with E-state index in [1.165, 1.54) is 0 Å². The van der Waals surface area contributed by atoms with Crippen LogP contribution in [0.2, 0.25) is 0 Å². The monoisotopic (exact) mass is 330 g/mol. The van der Waals surface area contributed by atoms with Crippen molar-refractivity contribution in [2.45, 2.75) is 20.3 Å². The molecule has 0 aliphatic rings. The van der Waals surface area contributed by atoms with E-state index in [9.17, 15) is 4.79 Å². The number of hydrogen-bond acceptors (Lipinski definition) is 5. The predicted molar refractivity (Wildman–Crippen MR) is 89.4 cm³/mol. The van der Waals surface area contributed by atoms with Gasteiger partial charge in [0.1, 0.15) is 17.2 Å². The molecule has 0 radical (unpaired) electrons. The Morgan fingerprint density at radius 1 is 1.48 bits per heavy atom. The second-order valence-corrected chi connectivity index (χ2v) is 6.62. The highest BCUT2D eigenvalue weighted by molar-refractivity contribution is 7.13. The van der Waals surface area contributed by atoms with Gasteiger partial charge in [-0.05, 0) is 23.4 Å². The standard InChI is InChI=1S/C15H18N6OS/c1-9(2)7-13-16-15(19-18-13)17-14(22)11-8-10(20-21(11)3)12-5-4-6-23-12/h4-6,8-9H,7H2,1-3H3,(H2,16,17,18,19,22). The fourth-order valence-electron chi connectivity index (χ4n) is 2.22. The van der Waals surface area contributed by atoms with Crippen molar-refractivity contribution in [3.63, 3.8) is 0 Å². The number of anilines is 1. The third-order valence-electron chi connectivity index (χ3n) is 3.24. The van der Waals surface area contributed by atoms with Crippen LogP contribution in [0.4, 0.5) is 5.95 Å². The zero-order valence-electron chi connectivity index (χ0n) is 13.2. The van der Waals surface area contributed by atoms with Crippen LogP contribution in [0.15, 0.2) is 23.6 Å². The quantitative estimate of drug-likeness (QED) is 0.753. The molecule has 0 aromatic carbocycles. The molecule has 0 fully saturated rings. The van der Waals surface area contributed by atoms with Crippen molar-refractivity contribution < 1.29 is 4.79 Å². The largest absolute Gasteiger partial charge is 0.288 e. The lowest BCUT2D eigenvalue weighted by Gasteiger charge is -2.00. The molecule has 0 bridgehead atoms. The van der Waals surface area contributed by atoms with Crippen LogP contribution in [0.3, 0.4) is 0 Å². The van der Waals surface area contributed by atoms with Crippen molar-refractivity contribution in [2.75, 3.05) is 5.32 Å². The summed E-state index contributed by atoms with van der Waals surface area (Å²) >= 11 is 1.59. The first-order valence-electron chi connectivity index (χ1n) is 7.33. The van der Waals surface area contributed by atoms with E-state index >= 15 is 0 Å². The van der Waals surface area contributed by atoms with E-state index in [1.54, 1.807) is 29.1 Å². The second kappa shape index (κ2) is 6.33. The Kier molecular flexibility index (Phi) is 4.24. The van der Waals surface area contributed by atoms with E-state index in [1.807, 2.05) is 17.5 Å². The Labute approximate surface area is 137 Å². The fraction of sp³-hybridized carbons (Fsp3) is 0.333.